The molecular weight excluding hydrogens is 295 g/mol. The van der Waals surface area contributed by atoms with E-state index in [9.17, 15) is 27.6 Å². The van der Waals surface area contributed by atoms with Crippen molar-refractivity contribution in [2.24, 2.45) is 0 Å². The maximum Gasteiger partial charge on any atom is 0.406 e. The van der Waals surface area contributed by atoms with Gasteiger partial charge in [-0.25, -0.2) is 9.59 Å². The van der Waals surface area contributed by atoms with E-state index in [0.29, 0.717) is 4.90 Å². The molecule has 0 aliphatic heterocycles. The van der Waals surface area contributed by atoms with Crippen molar-refractivity contribution >= 4 is 17.9 Å². The second-order valence-corrected chi connectivity index (χ2v) is 4.44. The van der Waals surface area contributed by atoms with E-state index in [2.05, 4.69) is 5.32 Å². The van der Waals surface area contributed by atoms with Gasteiger partial charge in [0.2, 0.25) is 5.91 Å². The Bertz CT molecular complexity index is 401. The number of hydrogen-bond donors (Lipinski definition) is 2. The summed E-state index contributed by atoms with van der Waals surface area (Å²) in [5.41, 5.74) is 0. The number of carboxylic acids is 1. The van der Waals surface area contributed by atoms with Crippen molar-refractivity contribution in [1.82, 2.24) is 15.1 Å². The molecular formula is C11H18F3N3O4. The quantitative estimate of drug-likeness (QED) is 0.748. The van der Waals surface area contributed by atoms with Gasteiger partial charge in [0.25, 0.3) is 0 Å². The minimum Gasteiger partial charge on any atom is -0.480 e. The fourth-order valence-corrected chi connectivity index (χ4v) is 1.50. The summed E-state index contributed by atoms with van der Waals surface area (Å²) >= 11 is 0. The van der Waals surface area contributed by atoms with E-state index in [-0.39, 0.29) is 13.1 Å². The normalized spacial score (nSPS) is 12.5. The van der Waals surface area contributed by atoms with Crippen LogP contribution in [-0.4, -0.2) is 71.7 Å². The first kappa shape index (κ1) is 19.0. The molecule has 0 saturated heterocycles. The molecule has 0 aliphatic carbocycles. The molecule has 0 aromatic carbocycles. The lowest BCUT2D eigenvalue weighted by atomic mass is 10.3. The molecule has 2 N–H and O–H groups in total. The highest BCUT2D eigenvalue weighted by Gasteiger charge is 2.34. The molecule has 1 unspecified atom stereocenters. The van der Waals surface area contributed by atoms with Crippen molar-refractivity contribution in [1.29, 1.82) is 0 Å². The molecule has 0 aromatic rings. The molecule has 122 valence electrons. The maximum absolute atomic E-state index is 12.3. The molecule has 10 heteroatoms. The zero-order valence-electron chi connectivity index (χ0n) is 11.9. The Hall–Kier alpha value is -2.00. The summed E-state index contributed by atoms with van der Waals surface area (Å²) in [6.45, 7) is 0.638. The summed E-state index contributed by atoms with van der Waals surface area (Å²) in [6, 6.07) is -2.39. The van der Waals surface area contributed by atoms with Gasteiger partial charge in [-0.1, -0.05) is 0 Å². The van der Waals surface area contributed by atoms with Gasteiger partial charge in [-0.2, -0.15) is 13.2 Å². The largest absolute Gasteiger partial charge is 0.480 e. The number of amides is 3. The van der Waals surface area contributed by atoms with E-state index >= 15 is 0 Å². The van der Waals surface area contributed by atoms with Crippen molar-refractivity contribution in [2.75, 3.05) is 26.7 Å². The van der Waals surface area contributed by atoms with E-state index in [4.69, 9.17) is 5.11 Å². The fraction of sp³-hybridized carbons (Fsp3) is 0.727. The molecule has 0 aliphatic rings. The highest BCUT2D eigenvalue weighted by molar-refractivity contribution is 5.82. The van der Waals surface area contributed by atoms with Crippen LogP contribution in [0.2, 0.25) is 0 Å². The van der Waals surface area contributed by atoms with Gasteiger partial charge in [-0.3, -0.25) is 4.79 Å². The standard InChI is InChI=1S/C11H18F3N3O4/c1-7(9(19)20)17(5-4-15-8(2)18)10(21)16(3)6-11(12,13)14/h7H,4-6H2,1-3H3,(H,15,18)(H,19,20). The zero-order valence-corrected chi connectivity index (χ0v) is 11.9. The van der Waals surface area contributed by atoms with E-state index < -0.39 is 36.7 Å². The summed E-state index contributed by atoms with van der Waals surface area (Å²) < 4.78 is 36.8. The van der Waals surface area contributed by atoms with Gasteiger partial charge in [0.15, 0.2) is 0 Å². The van der Waals surface area contributed by atoms with Crippen LogP contribution in [0.15, 0.2) is 0 Å². The first-order chi connectivity index (χ1) is 9.45. The van der Waals surface area contributed by atoms with Gasteiger partial charge in [0.1, 0.15) is 12.6 Å². The zero-order chi connectivity index (χ0) is 16.8. The van der Waals surface area contributed by atoms with Crippen LogP contribution >= 0.6 is 0 Å². The van der Waals surface area contributed by atoms with Gasteiger partial charge in [0, 0.05) is 27.1 Å². The van der Waals surface area contributed by atoms with Crippen LogP contribution in [0.5, 0.6) is 0 Å². The number of carbonyl (C=O) groups excluding carboxylic acids is 2. The molecule has 0 aromatic heterocycles. The van der Waals surface area contributed by atoms with E-state index in [1.165, 1.54) is 13.8 Å². The Balaban J connectivity index is 4.89. The van der Waals surface area contributed by atoms with Gasteiger partial charge >= 0.3 is 18.2 Å². The molecule has 0 saturated carbocycles. The Morgan fingerprint density at radius 3 is 2.19 bits per heavy atom. The minimum atomic E-state index is -4.58. The number of rotatable bonds is 6. The molecule has 0 fully saturated rings. The molecule has 3 amide bonds. The van der Waals surface area contributed by atoms with Crippen molar-refractivity contribution in [3.8, 4) is 0 Å². The second kappa shape index (κ2) is 7.70. The van der Waals surface area contributed by atoms with Crippen LogP contribution in [0.4, 0.5) is 18.0 Å². The maximum atomic E-state index is 12.3. The van der Waals surface area contributed by atoms with Crippen molar-refractivity contribution in [2.45, 2.75) is 26.1 Å². The molecule has 0 rings (SSSR count). The number of carboxylic acid groups (broad SMARTS) is 1. The first-order valence-corrected chi connectivity index (χ1v) is 6.01. The highest BCUT2D eigenvalue weighted by atomic mass is 19.4. The first-order valence-electron chi connectivity index (χ1n) is 6.01. The number of carbonyl (C=O) groups is 3. The number of nitrogens with one attached hydrogen (secondary N) is 1. The van der Waals surface area contributed by atoms with Gasteiger partial charge in [-0.05, 0) is 6.92 Å². The summed E-state index contributed by atoms with van der Waals surface area (Å²) in [4.78, 5) is 34.7. The van der Waals surface area contributed by atoms with Crippen LogP contribution < -0.4 is 5.32 Å². The molecule has 0 heterocycles. The highest BCUT2D eigenvalue weighted by Crippen LogP contribution is 2.17. The van der Waals surface area contributed by atoms with Gasteiger partial charge in [0.05, 0.1) is 0 Å². The second-order valence-electron chi connectivity index (χ2n) is 4.44. The lowest BCUT2D eigenvalue weighted by Crippen LogP contribution is -2.52. The molecule has 0 spiro atoms. The summed E-state index contributed by atoms with van der Waals surface area (Å²) in [6.07, 6.45) is -4.58. The molecule has 21 heavy (non-hydrogen) atoms. The third-order valence-corrected chi connectivity index (χ3v) is 2.54. The molecule has 0 bridgehead atoms. The van der Waals surface area contributed by atoms with Crippen LogP contribution in [0, 0.1) is 0 Å². The van der Waals surface area contributed by atoms with Crippen molar-refractivity contribution in [3.63, 3.8) is 0 Å². The van der Waals surface area contributed by atoms with Crippen LogP contribution in [0.3, 0.4) is 0 Å². The summed E-state index contributed by atoms with van der Waals surface area (Å²) in [5.74, 6) is -1.75. The van der Waals surface area contributed by atoms with Crippen LogP contribution in [0.1, 0.15) is 13.8 Å². The average molecular weight is 313 g/mol. The van der Waals surface area contributed by atoms with Crippen molar-refractivity contribution in [3.05, 3.63) is 0 Å². The smallest absolute Gasteiger partial charge is 0.406 e. The van der Waals surface area contributed by atoms with E-state index in [1.807, 2.05) is 0 Å². The van der Waals surface area contributed by atoms with E-state index in [0.717, 1.165) is 11.9 Å². The Morgan fingerprint density at radius 1 is 1.29 bits per heavy atom. The number of aliphatic carboxylic acids is 1. The number of urea groups is 1. The summed E-state index contributed by atoms with van der Waals surface area (Å²) in [5, 5.41) is 11.2. The number of nitrogens with zero attached hydrogens (tertiary/aromatic N) is 2. The lowest BCUT2D eigenvalue weighted by molar-refractivity contribution is -0.143. The molecule has 0 radical (unpaired) electrons. The molecule has 1 atom stereocenters. The topological polar surface area (TPSA) is 90.0 Å². The number of hydrogen-bond acceptors (Lipinski definition) is 3. The number of alkyl halides is 3. The third kappa shape index (κ3) is 7.37. The third-order valence-electron chi connectivity index (χ3n) is 2.54. The summed E-state index contributed by atoms with van der Waals surface area (Å²) in [7, 11) is 0.926. The van der Waals surface area contributed by atoms with Gasteiger partial charge in [-0.15, -0.1) is 0 Å². The van der Waals surface area contributed by atoms with Crippen LogP contribution in [-0.2, 0) is 9.59 Å². The fourth-order valence-electron chi connectivity index (χ4n) is 1.50. The minimum absolute atomic E-state index is 0.0570. The van der Waals surface area contributed by atoms with Crippen molar-refractivity contribution < 1.29 is 32.7 Å². The van der Waals surface area contributed by atoms with E-state index in [1.54, 1.807) is 0 Å². The Kier molecular flexibility index (Phi) is 6.96. The predicted molar refractivity (Wildman–Crippen MR) is 66.6 cm³/mol. The Labute approximate surface area is 119 Å². The number of halogens is 3. The lowest BCUT2D eigenvalue weighted by Gasteiger charge is -2.31. The van der Waals surface area contributed by atoms with Gasteiger partial charge < -0.3 is 20.2 Å². The average Bonchev–Trinajstić information content (AvgIpc) is 2.30. The van der Waals surface area contributed by atoms with Crippen LogP contribution in [0.25, 0.3) is 0 Å². The Morgan fingerprint density at radius 2 is 1.81 bits per heavy atom. The monoisotopic (exact) mass is 313 g/mol. The molecule has 7 nitrogen and oxygen atoms in total. The SMILES string of the molecule is CC(=O)NCCN(C(=O)N(C)CC(F)(F)F)C(C)C(=O)O. The predicted octanol–water partition coefficient (Wildman–Crippen LogP) is 0.512.